The van der Waals surface area contributed by atoms with Gasteiger partial charge in [-0.25, -0.2) is 0 Å². The molecule has 0 bridgehead atoms. The fraction of sp³-hybridized carbons (Fsp3) is 0.472. The van der Waals surface area contributed by atoms with Gasteiger partial charge in [-0.15, -0.1) is 82.2 Å². The molecule has 0 radical (unpaired) electrons. The maximum absolute atomic E-state index is 6.47. The molecule has 0 saturated heterocycles. The molecule has 0 spiro atoms. The quantitative estimate of drug-likeness (QED) is 0.145. The average Bonchev–Trinajstić information content (AvgIpc) is 3.60. The van der Waals surface area contributed by atoms with E-state index < -0.39 is 35.5 Å². The standard InChI is InChI=1S/2C17H23OSi.C2H4.2ClH.Zr/c2*1-19(2,17-10-4-3-5-11-17)18-16-12-14-8-6-7-9-15(14)13-16;1-2;;;/h2*6-9,12-13,17H,3-5,10-11H2,1-2H3;1H,2H3;2*1H;/q2*-1;;;;+2/p-2. The first-order valence-corrected chi connectivity index (χ1v) is 30.0. The van der Waals surface area contributed by atoms with Crippen LogP contribution >= 0.6 is 17.0 Å². The molecule has 0 heterocycles. The molecule has 234 valence electrons. The fourth-order valence-corrected chi connectivity index (χ4v) is 12.1. The van der Waals surface area contributed by atoms with Crippen molar-refractivity contribution in [3.63, 3.8) is 0 Å². The molecule has 0 unspecified atom stereocenters. The molecule has 2 nitrogen and oxygen atoms in total. The van der Waals surface area contributed by atoms with Gasteiger partial charge in [0, 0.05) is 11.5 Å². The van der Waals surface area contributed by atoms with Crippen LogP contribution < -0.4 is 8.85 Å². The third kappa shape index (κ3) is 10.5. The predicted molar refractivity (Wildman–Crippen MR) is 192 cm³/mol. The second-order valence-electron chi connectivity index (χ2n) is 13.3. The van der Waals surface area contributed by atoms with Crippen molar-refractivity contribution in [3.8, 4) is 11.5 Å². The summed E-state index contributed by atoms with van der Waals surface area (Å²) in [6.45, 7) is 11.5. The van der Waals surface area contributed by atoms with E-state index in [-0.39, 0.29) is 0 Å². The van der Waals surface area contributed by atoms with E-state index in [1.807, 2.05) is 10.6 Å². The first-order valence-electron chi connectivity index (χ1n) is 16.2. The van der Waals surface area contributed by atoms with Crippen LogP contribution in [0.4, 0.5) is 0 Å². The number of rotatable bonds is 6. The van der Waals surface area contributed by atoms with E-state index in [9.17, 15) is 0 Å². The van der Waals surface area contributed by atoms with Crippen LogP contribution in [-0.2, 0) is 18.9 Å². The van der Waals surface area contributed by atoms with E-state index in [4.69, 9.17) is 25.9 Å². The van der Waals surface area contributed by atoms with Gasteiger partial charge >= 0.3 is 46.5 Å². The van der Waals surface area contributed by atoms with Crippen molar-refractivity contribution in [2.45, 2.75) is 108 Å². The van der Waals surface area contributed by atoms with E-state index in [1.165, 1.54) is 85.8 Å². The Morgan fingerprint density at radius 3 is 1.33 bits per heavy atom. The van der Waals surface area contributed by atoms with E-state index in [0.29, 0.717) is 0 Å². The molecule has 2 fully saturated rings. The summed E-state index contributed by atoms with van der Waals surface area (Å²) in [6.07, 6.45) is 13.9. The minimum atomic E-state index is -1.76. The number of benzene rings is 2. The van der Waals surface area contributed by atoms with Crippen LogP contribution in [0.1, 0.15) is 71.1 Å². The van der Waals surface area contributed by atoms with E-state index in [1.54, 1.807) is 0 Å². The third-order valence-corrected chi connectivity index (χ3v) is 19.6. The largest absolute Gasteiger partial charge is 0.559 e. The molecule has 0 atom stereocenters. The van der Waals surface area contributed by atoms with Gasteiger partial charge in [-0.2, -0.15) is 0 Å². The predicted octanol–water partition coefficient (Wildman–Crippen LogP) is 12.7. The van der Waals surface area contributed by atoms with E-state index in [0.717, 1.165) is 22.6 Å². The topological polar surface area (TPSA) is 18.5 Å². The Morgan fingerprint density at radius 1 is 0.651 bits per heavy atom. The summed E-state index contributed by atoms with van der Waals surface area (Å²) in [5, 5.41) is 5.19. The van der Waals surface area contributed by atoms with Crippen LogP contribution in [0.5, 0.6) is 11.5 Å². The molecule has 6 rings (SSSR count). The monoisotopic (exact) mass is 730 g/mol. The van der Waals surface area contributed by atoms with Gasteiger partial charge in [-0.05, 0) is 63.0 Å². The summed E-state index contributed by atoms with van der Waals surface area (Å²) in [5.74, 6) is 2.17. The number of halogens is 2. The Hall–Kier alpha value is -0.973. The van der Waals surface area contributed by atoms with Crippen LogP contribution in [0, 0.1) is 0 Å². The normalized spacial score (nSPS) is 16.5. The zero-order chi connectivity index (χ0) is 30.9. The Balaban J connectivity index is 0.000000171. The van der Waals surface area contributed by atoms with E-state index >= 15 is 0 Å². The minimum Gasteiger partial charge on any atom is -0.559 e. The summed E-state index contributed by atoms with van der Waals surface area (Å²) in [4.78, 5) is 0. The Labute approximate surface area is 277 Å². The van der Waals surface area contributed by atoms with Crippen molar-refractivity contribution in [2.75, 3.05) is 0 Å². The van der Waals surface area contributed by atoms with E-state index in [2.05, 4.69) is 99.0 Å². The molecule has 0 N–H and O–H groups in total. The second-order valence-corrected chi connectivity index (χ2v) is 30.6. The molecule has 0 aromatic heterocycles. The average molecular weight is 733 g/mol. The van der Waals surface area contributed by atoms with Crippen molar-refractivity contribution in [3.05, 3.63) is 72.8 Å². The fourth-order valence-electron chi connectivity index (χ4n) is 6.73. The Morgan fingerprint density at radius 2 is 1.00 bits per heavy atom. The Kier molecular flexibility index (Phi) is 13.4. The first kappa shape index (κ1) is 34.9. The van der Waals surface area contributed by atoms with Crippen LogP contribution in [0.2, 0.25) is 37.3 Å². The van der Waals surface area contributed by atoms with Gasteiger partial charge in [0.05, 0.1) is 0 Å². The maximum Gasteiger partial charge on any atom is 0.245 e. The van der Waals surface area contributed by atoms with Gasteiger partial charge < -0.3 is 8.85 Å². The molecule has 2 aliphatic carbocycles. The van der Waals surface area contributed by atoms with Crippen molar-refractivity contribution < 1.29 is 27.7 Å². The molecule has 4 aromatic rings. The van der Waals surface area contributed by atoms with Gasteiger partial charge in [0.1, 0.15) is 0 Å². The molecule has 4 aromatic carbocycles. The van der Waals surface area contributed by atoms with Gasteiger partial charge in [-0.1, -0.05) is 50.7 Å². The number of hydrogen-bond donors (Lipinski definition) is 0. The maximum atomic E-state index is 6.47. The van der Waals surface area contributed by atoms with Crippen LogP contribution in [0.25, 0.3) is 21.5 Å². The van der Waals surface area contributed by atoms with Crippen LogP contribution in [-0.4, -0.2) is 20.3 Å². The smallest absolute Gasteiger partial charge is 0.245 e. The zero-order valence-electron chi connectivity index (χ0n) is 26.8. The molecule has 7 heteroatoms. The SMILES string of the molecule is C[CH]=[Zr]([Cl])[Cl].C[Si](C)(Oc1cc2ccccc2[cH-]1)C1CCCCC1.C[Si](C)(Oc1cc2ccccc2[cH-]1)C1CCCCC1. The Bertz CT molecular complexity index is 1270. The van der Waals surface area contributed by atoms with Crippen molar-refractivity contribution >= 4 is 58.9 Å². The van der Waals surface area contributed by atoms with Crippen LogP contribution in [0.3, 0.4) is 0 Å². The van der Waals surface area contributed by atoms with Crippen molar-refractivity contribution in [1.29, 1.82) is 0 Å². The second kappa shape index (κ2) is 16.5. The van der Waals surface area contributed by atoms with Gasteiger partial charge in [0.25, 0.3) is 0 Å². The van der Waals surface area contributed by atoms with Gasteiger partial charge in [0.15, 0.2) is 0 Å². The summed E-state index contributed by atoms with van der Waals surface area (Å²) in [7, 11) is 7.53. The number of hydrogen-bond acceptors (Lipinski definition) is 2. The molecule has 2 aliphatic rings. The summed E-state index contributed by atoms with van der Waals surface area (Å²) < 4.78 is 14.8. The number of fused-ring (bicyclic) bond motifs is 2. The molecule has 0 amide bonds. The zero-order valence-corrected chi connectivity index (χ0v) is 32.8. The summed E-state index contributed by atoms with van der Waals surface area (Å²) in [6, 6.07) is 25.8. The molecule has 0 aliphatic heterocycles. The van der Waals surface area contributed by atoms with Crippen molar-refractivity contribution in [2.24, 2.45) is 0 Å². The van der Waals surface area contributed by atoms with Gasteiger partial charge in [-0.3, -0.25) is 0 Å². The minimum absolute atomic E-state index is 0.833. The summed E-state index contributed by atoms with van der Waals surface area (Å²) in [5.41, 5.74) is 1.67. The third-order valence-electron chi connectivity index (χ3n) is 9.34. The summed E-state index contributed by atoms with van der Waals surface area (Å²) >= 11 is -1.76. The van der Waals surface area contributed by atoms with Crippen molar-refractivity contribution in [1.82, 2.24) is 0 Å². The first-order chi connectivity index (χ1) is 20.6. The van der Waals surface area contributed by atoms with Crippen LogP contribution in [0.15, 0.2) is 72.8 Å². The van der Waals surface area contributed by atoms with Gasteiger partial charge in [0.2, 0.25) is 16.6 Å². The molecule has 43 heavy (non-hydrogen) atoms. The molecular weight excluding hydrogens is 683 g/mol. The molecular formula is C36H50Cl2O2Si2Zr-2. The molecule has 2 saturated carbocycles.